The van der Waals surface area contributed by atoms with Crippen LogP contribution in [0.3, 0.4) is 0 Å². The third-order valence-electron chi connectivity index (χ3n) is 2.67. The minimum Gasteiger partial charge on any atom is -0.342 e. The van der Waals surface area contributed by atoms with Gasteiger partial charge < -0.3 is 10.6 Å². The van der Waals surface area contributed by atoms with Crippen LogP contribution < -0.4 is 10.6 Å². The highest BCUT2D eigenvalue weighted by atomic mass is 16.2. The average Bonchev–Trinajstić information content (AvgIpc) is 2.18. The molecule has 1 aliphatic rings. The largest absolute Gasteiger partial charge is 0.342 e. The van der Waals surface area contributed by atoms with Gasteiger partial charge in [-0.25, -0.2) is 0 Å². The third-order valence-corrected chi connectivity index (χ3v) is 2.67. The number of nitrogens with one attached hydrogen (secondary N) is 2. The van der Waals surface area contributed by atoms with E-state index in [0.717, 1.165) is 19.6 Å². The molecule has 1 aliphatic heterocycles. The normalized spacial score (nSPS) is 20.6. The van der Waals surface area contributed by atoms with Gasteiger partial charge in [0.1, 0.15) is 6.54 Å². The fraction of sp³-hybridized carbons (Fsp3) is 0.800. The number of hydrogen-bond donors (Lipinski definition) is 2. The van der Waals surface area contributed by atoms with E-state index in [2.05, 4.69) is 29.4 Å². The maximum atomic E-state index is 11.4. The van der Waals surface area contributed by atoms with Crippen molar-refractivity contribution in [1.29, 1.82) is 5.26 Å². The Bertz CT molecular complexity index is 269. The van der Waals surface area contributed by atoms with E-state index in [1.165, 1.54) is 0 Å². The molecule has 0 aromatic rings. The molecule has 5 heteroatoms. The Morgan fingerprint density at radius 3 is 3.00 bits per heavy atom. The molecule has 0 saturated carbocycles. The minimum atomic E-state index is -0.0773. The summed E-state index contributed by atoms with van der Waals surface area (Å²) < 4.78 is 0. The monoisotopic (exact) mass is 210 g/mol. The van der Waals surface area contributed by atoms with Gasteiger partial charge in [0.2, 0.25) is 5.91 Å². The first-order valence-electron chi connectivity index (χ1n) is 5.16. The fourth-order valence-corrected chi connectivity index (χ4v) is 1.68. The Morgan fingerprint density at radius 2 is 2.40 bits per heavy atom. The summed E-state index contributed by atoms with van der Waals surface area (Å²) >= 11 is 0. The molecule has 15 heavy (non-hydrogen) atoms. The average molecular weight is 210 g/mol. The van der Waals surface area contributed by atoms with Crippen molar-refractivity contribution in [3.63, 3.8) is 0 Å². The van der Waals surface area contributed by atoms with Crippen LogP contribution in [0.15, 0.2) is 0 Å². The predicted octanol–water partition coefficient (Wildman–Crippen LogP) is -0.690. The van der Waals surface area contributed by atoms with E-state index in [1.807, 2.05) is 6.07 Å². The molecule has 0 aliphatic carbocycles. The number of rotatable bonds is 3. The van der Waals surface area contributed by atoms with Crippen LogP contribution in [0.1, 0.15) is 13.8 Å². The van der Waals surface area contributed by atoms with Gasteiger partial charge >= 0.3 is 0 Å². The molecule has 84 valence electrons. The van der Waals surface area contributed by atoms with E-state index in [0.29, 0.717) is 6.54 Å². The zero-order chi connectivity index (χ0) is 11.3. The van der Waals surface area contributed by atoms with Gasteiger partial charge in [0.25, 0.3) is 0 Å². The molecule has 0 atom stereocenters. The quantitative estimate of drug-likeness (QED) is 0.605. The molecule has 5 nitrogen and oxygen atoms in total. The molecule has 1 saturated heterocycles. The molecular weight excluding hydrogens is 192 g/mol. The van der Waals surface area contributed by atoms with Gasteiger partial charge in [-0.05, 0) is 13.8 Å². The van der Waals surface area contributed by atoms with Crippen molar-refractivity contribution >= 4 is 5.91 Å². The second kappa shape index (κ2) is 5.10. The van der Waals surface area contributed by atoms with Crippen molar-refractivity contribution in [2.75, 3.05) is 32.7 Å². The lowest BCUT2D eigenvalue weighted by Crippen LogP contribution is -2.59. The number of hydrogen-bond acceptors (Lipinski definition) is 4. The Balaban J connectivity index is 2.42. The summed E-state index contributed by atoms with van der Waals surface area (Å²) in [7, 11) is 0. The smallest absolute Gasteiger partial charge is 0.235 e. The number of amides is 1. The van der Waals surface area contributed by atoms with E-state index in [4.69, 9.17) is 5.26 Å². The molecule has 1 fully saturated rings. The number of nitrogens with zero attached hydrogens (tertiary/aromatic N) is 2. The van der Waals surface area contributed by atoms with Gasteiger partial charge in [0.05, 0.1) is 12.6 Å². The zero-order valence-corrected chi connectivity index (χ0v) is 9.34. The van der Waals surface area contributed by atoms with Crippen molar-refractivity contribution in [3.8, 4) is 6.07 Å². The molecule has 0 unspecified atom stereocenters. The van der Waals surface area contributed by atoms with E-state index in [-0.39, 0.29) is 18.0 Å². The van der Waals surface area contributed by atoms with Crippen molar-refractivity contribution < 1.29 is 4.79 Å². The Hall–Kier alpha value is -1.12. The van der Waals surface area contributed by atoms with E-state index >= 15 is 0 Å². The molecule has 0 spiro atoms. The predicted molar refractivity (Wildman–Crippen MR) is 57.1 cm³/mol. The Labute approximate surface area is 90.4 Å². The Morgan fingerprint density at radius 1 is 1.67 bits per heavy atom. The van der Waals surface area contributed by atoms with Gasteiger partial charge in [-0.15, -0.1) is 0 Å². The lowest BCUT2D eigenvalue weighted by atomic mass is 10.0. The van der Waals surface area contributed by atoms with E-state index < -0.39 is 0 Å². The van der Waals surface area contributed by atoms with Gasteiger partial charge in [-0.1, -0.05) is 0 Å². The summed E-state index contributed by atoms with van der Waals surface area (Å²) in [6, 6.07) is 1.89. The van der Waals surface area contributed by atoms with Crippen molar-refractivity contribution in [2.45, 2.75) is 19.4 Å². The summed E-state index contributed by atoms with van der Waals surface area (Å²) in [5.41, 5.74) is 0.00222. The number of nitriles is 1. The molecule has 0 aromatic carbocycles. The van der Waals surface area contributed by atoms with Crippen LogP contribution in [0.2, 0.25) is 0 Å². The van der Waals surface area contributed by atoms with Crippen LogP contribution in [0.25, 0.3) is 0 Å². The fourth-order valence-electron chi connectivity index (χ4n) is 1.68. The maximum absolute atomic E-state index is 11.4. The summed E-state index contributed by atoms with van der Waals surface area (Å²) in [5, 5.41) is 14.2. The maximum Gasteiger partial charge on any atom is 0.235 e. The summed E-state index contributed by atoms with van der Waals surface area (Å²) in [6.45, 7) is 7.34. The molecular formula is C10H18N4O. The molecule has 1 amide bonds. The first-order chi connectivity index (χ1) is 7.06. The highest BCUT2D eigenvalue weighted by Crippen LogP contribution is 2.15. The number of carbonyl (C=O) groups excluding carboxylic acids is 1. The van der Waals surface area contributed by atoms with Crippen LogP contribution in [-0.2, 0) is 4.79 Å². The van der Waals surface area contributed by atoms with Crippen molar-refractivity contribution in [2.24, 2.45) is 0 Å². The molecule has 0 radical (unpaired) electrons. The van der Waals surface area contributed by atoms with Crippen LogP contribution in [0.4, 0.5) is 0 Å². The summed E-state index contributed by atoms with van der Waals surface area (Å²) in [4.78, 5) is 13.6. The molecule has 0 bridgehead atoms. The number of carbonyl (C=O) groups is 1. The topological polar surface area (TPSA) is 68.2 Å². The van der Waals surface area contributed by atoms with Crippen molar-refractivity contribution in [1.82, 2.24) is 15.5 Å². The zero-order valence-electron chi connectivity index (χ0n) is 9.34. The molecule has 2 N–H and O–H groups in total. The molecule has 1 rings (SSSR count). The SMILES string of the molecule is CC1(C)CNCCN1CC(=O)NCC#N. The lowest BCUT2D eigenvalue weighted by Gasteiger charge is -2.42. The first kappa shape index (κ1) is 12.0. The first-order valence-corrected chi connectivity index (χ1v) is 5.16. The third kappa shape index (κ3) is 3.50. The van der Waals surface area contributed by atoms with E-state index in [9.17, 15) is 4.79 Å². The van der Waals surface area contributed by atoms with Crippen molar-refractivity contribution in [3.05, 3.63) is 0 Å². The Kier molecular flexibility index (Phi) is 4.06. The van der Waals surface area contributed by atoms with Crippen LogP contribution in [0, 0.1) is 11.3 Å². The van der Waals surface area contributed by atoms with Crippen LogP contribution in [-0.4, -0.2) is 49.1 Å². The molecule has 1 heterocycles. The summed E-state index contributed by atoms with van der Waals surface area (Å²) in [6.07, 6.45) is 0. The van der Waals surface area contributed by atoms with Gasteiger partial charge in [-0.3, -0.25) is 9.69 Å². The molecule has 0 aromatic heterocycles. The standard InChI is InChI=1S/C10H18N4O/c1-10(2)8-12-5-6-14(10)7-9(15)13-4-3-11/h12H,4-8H2,1-2H3,(H,13,15). The highest BCUT2D eigenvalue weighted by Gasteiger charge is 2.30. The van der Waals surface area contributed by atoms with Crippen LogP contribution >= 0.6 is 0 Å². The van der Waals surface area contributed by atoms with Crippen LogP contribution in [0.5, 0.6) is 0 Å². The van der Waals surface area contributed by atoms with Gasteiger partial charge in [0, 0.05) is 25.2 Å². The van der Waals surface area contributed by atoms with Gasteiger partial charge in [-0.2, -0.15) is 5.26 Å². The minimum absolute atomic E-state index is 0.00222. The second-order valence-corrected chi connectivity index (χ2v) is 4.35. The highest BCUT2D eigenvalue weighted by molar-refractivity contribution is 5.78. The second-order valence-electron chi connectivity index (χ2n) is 4.35. The number of piperazine rings is 1. The van der Waals surface area contributed by atoms with E-state index in [1.54, 1.807) is 0 Å². The lowest BCUT2D eigenvalue weighted by molar-refractivity contribution is -0.123. The van der Waals surface area contributed by atoms with Gasteiger partial charge in [0.15, 0.2) is 0 Å². The summed E-state index contributed by atoms with van der Waals surface area (Å²) in [5.74, 6) is -0.0773.